The lowest BCUT2D eigenvalue weighted by molar-refractivity contribution is -0.117. The number of benzene rings is 1. The zero-order chi connectivity index (χ0) is 13.9. The standard InChI is InChI=1S/C15H17N3O2/c1-11-9-14(17-20-11)16-10-15(19)18-8-4-6-12-5-2-3-7-13(12)18/h2-3,5,7,9H,4,6,8,10H2,1H3,(H,16,17). The molecule has 0 unspecified atom stereocenters. The highest BCUT2D eigenvalue weighted by Gasteiger charge is 2.21. The second-order valence-electron chi connectivity index (χ2n) is 4.95. The molecule has 1 aromatic carbocycles. The van der Waals surface area contributed by atoms with E-state index in [0.29, 0.717) is 5.82 Å². The van der Waals surface area contributed by atoms with Gasteiger partial charge in [0.25, 0.3) is 0 Å². The quantitative estimate of drug-likeness (QED) is 0.931. The van der Waals surface area contributed by atoms with Gasteiger partial charge in [-0.25, -0.2) is 0 Å². The van der Waals surface area contributed by atoms with Crippen molar-refractivity contribution in [3.63, 3.8) is 0 Å². The molecule has 0 atom stereocenters. The summed E-state index contributed by atoms with van der Waals surface area (Å²) >= 11 is 0. The lowest BCUT2D eigenvalue weighted by atomic mass is 10.0. The Morgan fingerprint density at radius 1 is 1.45 bits per heavy atom. The molecule has 1 aromatic heterocycles. The molecule has 3 rings (SSSR count). The molecule has 104 valence electrons. The molecule has 0 saturated heterocycles. The largest absolute Gasteiger partial charge is 0.360 e. The molecule has 5 nitrogen and oxygen atoms in total. The fraction of sp³-hybridized carbons (Fsp3) is 0.333. The van der Waals surface area contributed by atoms with Crippen LogP contribution in [0.1, 0.15) is 17.7 Å². The van der Waals surface area contributed by atoms with E-state index >= 15 is 0 Å². The number of hydrogen-bond acceptors (Lipinski definition) is 4. The van der Waals surface area contributed by atoms with Crippen molar-refractivity contribution in [1.82, 2.24) is 5.16 Å². The summed E-state index contributed by atoms with van der Waals surface area (Å²) in [6.07, 6.45) is 2.04. The highest BCUT2D eigenvalue weighted by molar-refractivity contribution is 5.97. The Morgan fingerprint density at radius 2 is 2.30 bits per heavy atom. The van der Waals surface area contributed by atoms with Gasteiger partial charge in [-0.3, -0.25) is 4.79 Å². The molecule has 20 heavy (non-hydrogen) atoms. The molecule has 0 radical (unpaired) electrons. The minimum atomic E-state index is 0.0535. The molecule has 0 aliphatic carbocycles. The second-order valence-corrected chi connectivity index (χ2v) is 4.95. The van der Waals surface area contributed by atoms with Gasteiger partial charge in [0.1, 0.15) is 5.76 Å². The number of rotatable bonds is 3. The van der Waals surface area contributed by atoms with Crippen LogP contribution in [0.15, 0.2) is 34.9 Å². The molecule has 2 heterocycles. The van der Waals surface area contributed by atoms with E-state index in [1.807, 2.05) is 30.0 Å². The van der Waals surface area contributed by atoms with E-state index in [-0.39, 0.29) is 12.5 Å². The van der Waals surface area contributed by atoms with Crippen LogP contribution in [0.25, 0.3) is 0 Å². The van der Waals surface area contributed by atoms with Crippen LogP contribution in [0.3, 0.4) is 0 Å². The summed E-state index contributed by atoms with van der Waals surface area (Å²) in [5.41, 5.74) is 2.27. The number of fused-ring (bicyclic) bond motifs is 1. The Hall–Kier alpha value is -2.30. The Balaban J connectivity index is 1.69. The molecule has 1 amide bonds. The maximum Gasteiger partial charge on any atom is 0.246 e. The van der Waals surface area contributed by atoms with Crippen LogP contribution in [0.5, 0.6) is 0 Å². The molecule has 1 aliphatic rings. The number of aryl methyl sites for hydroxylation is 2. The molecule has 2 aromatic rings. The molecular formula is C15H17N3O2. The van der Waals surface area contributed by atoms with Crippen molar-refractivity contribution < 1.29 is 9.32 Å². The number of carbonyl (C=O) groups is 1. The van der Waals surface area contributed by atoms with E-state index in [4.69, 9.17) is 4.52 Å². The number of aromatic nitrogens is 1. The third kappa shape index (κ3) is 2.52. The topological polar surface area (TPSA) is 58.4 Å². The van der Waals surface area contributed by atoms with Gasteiger partial charge in [-0.05, 0) is 31.4 Å². The van der Waals surface area contributed by atoms with Crippen LogP contribution >= 0.6 is 0 Å². The van der Waals surface area contributed by atoms with Crippen molar-refractivity contribution in [2.45, 2.75) is 19.8 Å². The number of nitrogens with one attached hydrogen (secondary N) is 1. The van der Waals surface area contributed by atoms with E-state index in [1.165, 1.54) is 5.56 Å². The van der Waals surface area contributed by atoms with E-state index in [2.05, 4.69) is 16.5 Å². The van der Waals surface area contributed by atoms with Crippen LogP contribution in [0.4, 0.5) is 11.5 Å². The van der Waals surface area contributed by atoms with Gasteiger partial charge in [0.05, 0.1) is 6.54 Å². The molecule has 5 heteroatoms. The first-order valence-corrected chi connectivity index (χ1v) is 6.79. The molecule has 1 aliphatic heterocycles. The zero-order valence-electron chi connectivity index (χ0n) is 11.4. The van der Waals surface area contributed by atoms with Gasteiger partial charge in [-0.1, -0.05) is 23.4 Å². The maximum absolute atomic E-state index is 12.3. The summed E-state index contributed by atoms with van der Waals surface area (Å²) < 4.78 is 4.96. The van der Waals surface area contributed by atoms with Gasteiger partial charge in [-0.15, -0.1) is 0 Å². The molecular weight excluding hydrogens is 254 g/mol. The molecule has 0 bridgehead atoms. The summed E-state index contributed by atoms with van der Waals surface area (Å²) in [7, 11) is 0. The zero-order valence-corrected chi connectivity index (χ0v) is 11.4. The first-order chi connectivity index (χ1) is 9.74. The number of amides is 1. The Bertz CT molecular complexity index is 621. The van der Waals surface area contributed by atoms with Crippen molar-refractivity contribution in [3.05, 3.63) is 41.7 Å². The summed E-state index contributed by atoms with van der Waals surface area (Å²) in [4.78, 5) is 14.2. The van der Waals surface area contributed by atoms with Crippen LogP contribution in [-0.2, 0) is 11.2 Å². The average molecular weight is 271 g/mol. The number of nitrogens with zero attached hydrogens (tertiary/aromatic N) is 2. The smallest absolute Gasteiger partial charge is 0.246 e. The SMILES string of the molecule is Cc1cc(NCC(=O)N2CCCc3ccccc32)no1. The van der Waals surface area contributed by atoms with Crippen molar-refractivity contribution in [2.24, 2.45) is 0 Å². The Labute approximate surface area is 117 Å². The molecule has 0 spiro atoms. The predicted molar refractivity (Wildman–Crippen MR) is 76.8 cm³/mol. The van der Waals surface area contributed by atoms with E-state index in [0.717, 1.165) is 30.8 Å². The molecule has 0 fully saturated rings. The Kier molecular flexibility index (Phi) is 3.41. The number of para-hydroxylation sites is 1. The molecule has 0 saturated carbocycles. The summed E-state index contributed by atoms with van der Waals surface area (Å²) in [5, 5.41) is 6.82. The number of anilines is 2. The number of hydrogen-bond donors (Lipinski definition) is 1. The predicted octanol–water partition coefficient (Wildman–Crippen LogP) is 2.37. The summed E-state index contributed by atoms with van der Waals surface area (Å²) in [6.45, 7) is 2.82. The van der Waals surface area contributed by atoms with Gasteiger partial charge in [-0.2, -0.15) is 0 Å². The maximum atomic E-state index is 12.3. The van der Waals surface area contributed by atoms with Crippen LogP contribution in [-0.4, -0.2) is 24.2 Å². The normalized spacial score (nSPS) is 13.9. The highest BCUT2D eigenvalue weighted by atomic mass is 16.5. The fourth-order valence-electron chi connectivity index (χ4n) is 2.50. The monoisotopic (exact) mass is 271 g/mol. The lowest BCUT2D eigenvalue weighted by Gasteiger charge is -2.29. The third-order valence-electron chi connectivity index (χ3n) is 3.46. The third-order valence-corrected chi connectivity index (χ3v) is 3.46. The van der Waals surface area contributed by atoms with Crippen LogP contribution in [0.2, 0.25) is 0 Å². The molecule has 1 N–H and O–H groups in total. The van der Waals surface area contributed by atoms with Crippen molar-refractivity contribution in [3.8, 4) is 0 Å². The first-order valence-electron chi connectivity index (χ1n) is 6.79. The minimum absolute atomic E-state index is 0.0535. The van der Waals surface area contributed by atoms with E-state index in [1.54, 1.807) is 6.07 Å². The average Bonchev–Trinajstić information content (AvgIpc) is 2.90. The van der Waals surface area contributed by atoms with Gasteiger partial charge in [0.15, 0.2) is 5.82 Å². The number of carbonyl (C=O) groups excluding carboxylic acids is 1. The summed E-state index contributed by atoms with van der Waals surface area (Å²) in [5.74, 6) is 1.38. The summed E-state index contributed by atoms with van der Waals surface area (Å²) in [6, 6.07) is 9.86. The van der Waals surface area contributed by atoms with Crippen molar-refractivity contribution in [1.29, 1.82) is 0 Å². The van der Waals surface area contributed by atoms with Gasteiger partial charge in [0.2, 0.25) is 5.91 Å². The van der Waals surface area contributed by atoms with Gasteiger partial charge in [0, 0.05) is 18.3 Å². The van der Waals surface area contributed by atoms with Gasteiger partial charge < -0.3 is 14.7 Å². The van der Waals surface area contributed by atoms with E-state index < -0.39 is 0 Å². The van der Waals surface area contributed by atoms with Gasteiger partial charge >= 0.3 is 0 Å². The van der Waals surface area contributed by atoms with Crippen molar-refractivity contribution in [2.75, 3.05) is 23.3 Å². The van der Waals surface area contributed by atoms with Crippen LogP contribution in [0, 0.1) is 6.92 Å². The minimum Gasteiger partial charge on any atom is -0.360 e. The first kappa shape index (κ1) is 12.7. The fourth-order valence-corrected chi connectivity index (χ4v) is 2.50. The lowest BCUT2D eigenvalue weighted by Crippen LogP contribution is -2.39. The Morgan fingerprint density at radius 3 is 3.10 bits per heavy atom. The van der Waals surface area contributed by atoms with Crippen LogP contribution < -0.4 is 10.2 Å². The highest BCUT2D eigenvalue weighted by Crippen LogP contribution is 2.26. The second kappa shape index (κ2) is 5.36. The van der Waals surface area contributed by atoms with E-state index in [9.17, 15) is 4.79 Å². The van der Waals surface area contributed by atoms with Crippen molar-refractivity contribution >= 4 is 17.4 Å².